The van der Waals surface area contributed by atoms with E-state index >= 15 is 0 Å². The first-order valence-electron chi connectivity index (χ1n) is 14.1. The summed E-state index contributed by atoms with van der Waals surface area (Å²) in [5, 5.41) is 13.0. The van der Waals surface area contributed by atoms with Crippen molar-refractivity contribution in [1.82, 2.24) is 15.1 Å². The summed E-state index contributed by atoms with van der Waals surface area (Å²) in [5.74, 6) is -3.29. The lowest BCUT2D eigenvalue weighted by molar-refractivity contribution is -0.300. The van der Waals surface area contributed by atoms with Crippen LogP contribution in [0.3, 0.4) is 0 Å². The van der Waals surface area contributed by atoms with Gasteiger partial charge in [-0.1, -0.05) is 13.8 Å². The second-order valence-corrected chi connectivity index (χ2v) is 13.1. The Labute approximate surface area is 236 Å². The number of carbonyl (C=O) groups excluding carboxylic acids is 3. The smallest absolute Gasteiger partial charge is 0.303 e. The van der Waals surface area contributed by atoms with Crippen LogP contribution in [0, 0.1) is 16.7 Å². The predicted molar refractivity (Wildman–Crippen MR) is 141 cm³/mol. The van der Waals surface area contributed by atoms with Gasteiger partial charge in [0.05, 0.1) is 25.8 Å². The molecule has 4 rings (SSSR count). The molecule has 5 atom stereocenters. The van der Waals surface area contributed by atoms with Crippen LogP contribution in [0.1, 0.15) is 67.7 Å². The second kappa shape index (κ2) is 11.2. The SMILES string of the molecule is CC(=O)O[C@@H]1[C@H](OC(C)=O)CO[C@@]2(CN3CCC(C)(NCC(=O)N4CC(C)(C)C[C@H]4C#N)CC3)OC(C)(C)O[C@@H]12. The van der Waals surface area contributed by atoms with Crippen molar-refractivity contribution in [1.29, 1.82) is 5.26 Å². The second-order valence-electron chi connectivity index (χ2n) is 13.1. The van der Waals surface area contributed by atoms with Crippen molar-refractivity contribution in [3.8, 4) is 6.07 Å². The van der Waals surface area contributed by atoms with Gasteiger partial charge < -0.3 is 33.9 Å². The zero-order valence-corrected chi connectivity index (χ0v) is 24.8. The quantitative estimate of drug-likeness (QED) is 0.448. The van der Waals surface area contributed by atoms with Gasteiger partial charge in [-0.15, -0.1) is 0 Å². The fourth-order valence-electron chi connectivity index (χ4n) is 6.38. The maximum Gasteiger partial charge on any atom is 0.303 e. The number of hydrogen-bond acceptors (Lipinski definition) is 11. The number of nitrogens with zero attached hydrogens (tertiary/aromatic N) is 3. The number of piperidine rings is 1. The van der Waals surface area contributed by atoms with E-state index in [0.29, 0.717) is 32.6 Å². The van der Waals surface area contributed by atoms with E-state index in [-0.39, 0.29) is 36.1 Å². The summed E-state index contributed by atoms with van der Waals surface area (Å²) in [6.45, 7) is 15.0. The van der Waals surface area contributed by atoms with E-state index in [1.807, 2.05) is 0 Å². The molecule has 1 amide bonds. The highest BCUT2D eigenvalue weighted by molar-refractivity contribution is 5.79. The molecule has 0 bridgehead atoms. The van der Waals surface area contributed by atoms with Gasteiger partial charge in [-0.3, -0.25) is 19.3 Å². The summed E-state index contributed by atoms with van der Waals surface area (Å²) in [7, 11) is 0. The molecule has 0 radical (unpaired) electrons. The average Bonchev–Trinajstić information content (AvgIpc) is 3.32. The highest BCUT2D eigenvalue weighted by Crippen LogP contribution is 2.45. The molecule has 0 unspecified atom stereocenters. The molecule has 0 spiro atoms. The van der Waals surface area contributed by atoms with Crippen LogP contribution in [0.4, 0.5) is 0 Å². The lowest BCUT2D eigenvalue weighted by Gasteiger charge is -2.47. The lowest BCUT2D eigenvalue weighted by atomic mass is 9.88. The fraction of sp³-hybridized carbons (Fsp3) is 0.857. The van der Waals surface area contributed by atoms with Gasteiger partial charge in [0.1, 0.15) is 6.04 Å². The molecule has 224 valence electrons. The van der Waals surface area contributed by atoms with Gasteiger partial charge in [0, 0.05) is 39.0 Å². The van der Waals surface area contributed by atoms with E-state index in [2.05, 4.69) is 37.1 Å². The Morgan fingerprint density at radius 2 is 1.70 bits per heavy atom. The molecular weight excluding hydrogens is 520 g/mol. The molecule has 0 aromatic rings. The molecule has 40 heavy (non-hydrogen) atoms. The maximum absolute atomic E-state index is 13.0. The van der Waals surface area contributed by atoms with Crippen molar-refractivity contribution in [2.75, 3.05) is 39.3 Å². The number of nitrogens with one attached hydrogen (secondary N) is 1. The molecule has 12 nitrogen and oxygen atoms in total. The molecule has 4 saturated heterocycles. The van der Waals surface area contributed by atoms with E-state index < -0.39 is 41.8 Å². The van der Waals surface area contributed by atoms with Crippen LogP contribution in [0.5, 0.6) is 0 Å². The van der Waals surface area contributed by atoms with Gasteiger partial charge in [-0.2, -0.15) is 5.26 Å². The third kappa shape index (κ3) is 6.77. The number of amides is 1. The molecule has 4 aliphatic rings. The number of fused-ring (bicyclic) bond motifs is 1. The molecule has 4 fully saturated rings. The lowest BCUT2D eigenvalue weighted by Crippen LogP contribution is -2.65. The number of carbonyl (C=O) groups is 3. The van der Waals surface area contributed by atoms with Crippen LogP contribution in [0.25, 0.3) is 0 Å². The molecule has 0 saturated carbocycles. The van der Waals surface area contributed by atoms with Gasteiger partial charge in [0.25, 0.3) is 0 Å². The van der Waals surface area contributed by atoms with Crippen LogP contribution < -0.4 is 5.32 Å². The number of nitriles is 1. The zero-order valence-electron chi connectivity index (χ0n) is 24.8. The Kier molecular flexibility index (Phi) is 8.56. The predicted octanol–water partition coefficient (Wildman–Crippen LogP) is 1.32. The van der Waals surface area contributed by atoms with E-state index in [4.69, 9.17) is 23.7 Å². The maximum atomic E-state index is 13.0. The third-order valence-electron chi connectivity index (χ3n) is 8.30. The molecule has 0 aliphatic carbocycles. The Morgan fingerprint density at radius 1 is 1.05 bits per heavy atom. The van der Waals surface area contributed by atoms with E-state index in [9.17, 15) is 19.6 Å². The van der Waals surface area contributed by atoms with E-state index in [1.54, 1.807) is 18.7 Å². The van der Waals surface area contributed by atoms with Gasteiger partial charge >= 0.3 is 11.9 Å². The average molecular weight is 565 g/mol. The minimum atomic E-state index is -1.22. The summed E-state index contributed by atoms with van der Waals surface area (Å²) >= 11 is 0. The fourth-order valence-corrected chi connectivity index (χ4v) is 6.38. The van der Waals surface area contributed by atoms with Gasteiger partial charge in [0.15, 0.2) is 24.1 Å². The van der Waals surface area contributed by atoms with Crippen LogP contribution in [0.15, 0.2) is 0 Å². The van der Waals surface area contributed by atoms with Crippen molar-refractivity contribution in [3.63, 3.8) is 0 Å². The van der Waals surface area contributed by atoms with Gasteiger partial charge in [0.2, 0.25) is 11.7 Å². The van der Waals surface area contributed by atoms with Crippen LogP contribution in [0.2, 0.25) is 0 Å². The molecule has 4 aliphatic heterocycles. The van der Waals surface area contributed by atoms with Crippen LogP contribution in [-0.4, -0.2) is 108 Å². The summed E-state index contributed by atoms with van der Waals surface area (Å²) in [6, 6.07) is 1.90. The Hall–Kier alpha value is -2.30. The van der Waals surface area contributed by atoms with Crippen molar-refractivity contribution in [2.45, 2.75) is 109 Å². The molecule has 0 aromatic heterocycles. The number of likely N-dealkylation sites (tertiary alicyclic amines) is 2. The van der Waals surface area contributed by atoms with Crippen molar-refractivity contribution in [3.05, 3.63) is 0 Å². The third-order valence-corrected chi connectivity index (χ3v) is 8.30. The molecule has 12 heteroatoms. The number of esters is 2. The van der Waals surface area contributed by atoms with Gasteiger partial charge in [-0.05, 0) is 45.4 Å². The normalized spacial score (nSPS) is 34.5. The van der Waals surface area contributed by atoms with E-state index in [1.165, 1.54) is 13.8 Å². The molecular formula is C28H44N4O8. The first-order chi connectivity index (χ1) is 18.6. The number of rotatable bonds is 7. The van der Waals surface area contributed by atoms with Crippen LogP contribution in [-0.2, 0) is 38.1 Å². The highest BCUT2D eigenvalue weighted by atomic mass is 16.9. The largest absolute Gasteiger partial charge is 0.456 e. The Bertz CT molecular complexity index is 1030. The van der Waals surface area contributed by atoms with Crippen molar-refractivity contribution >= 4 is 17.8 Å². The zero-order chi connectivity index (χ0) is 29.5. The summed E-state index contributed by atoms with van der Waals surface area (Å²) in [5.41, 5.74) is -0.307. The van der Waals surface area contributed by atoms with Crippen molar-refractivity contribution < 1.29 is 38.1 Å². The molecule has 4 heterocycles. The Morgan fingerprint density at radius 3 is 2.30 bits per heavy atom. The first-order valence-corrected chi connectivity index (χ1v) is 14.1. The summed E-state index contributed by atoms with van der Waals surface area (Å²) < 4.78 is 29.7. The van der Waals surface area contributed by atoms with E-state index in [0.717, 1.165) is 12.8 Å². The van der Waals surface area contributed by atoms with Crippen molar-refractivity contribution in [2.24, 2.45) is 5.41 Å². The first kappa shape index (κ1) is 30.7. The minimum Gasteiger partial charge on any atom is -0.456 e. The molecule has 0 aromatic carbocycles. The Balaban J connectivity index is 1.38. The van der Waals surface area contributed by atoms with Crippen LogP contribution >= 0.6 is 0 Å². The highest BCUT2D eigenvalue weighted by Gasteiger charge is 2.64. The number of ether oxygens (including phenoxy) is 5. The number of hydrogen-bond donors (Lipinski definition) is 1. The summed E-state index contributed by atoms with van der Waals surface area (Å²) in [4.78, 5) is 40.6. The van der Waals surface area contributed by atoms with Gasteiger partial charge in [-0.25, -0.2) is 0 Å². The summed E-state index contributed by atoms with van der Waals surface area (Å²) in [6.07, 6.45) is -0.248. The topological polar surface area (TPSA) is 140 Å². The standard InChI is InChI=1S/C28H44N4O8/c1-18(33)37-21-15-36-28(24(23(21)38-19(2)34)39-26(5,6)40-28)17-31-10-8-27(7,9-11-31)30-14-22(35)32-16-25(3,4)12-20(32)13-29/h20-21,23-24,30H,8-12,14-17H2,1-7H3/t20-,21+,23+,24-,28-/m0/s1. The molecule has 1 N–H and O–H groups in total. The minimum absolute atomic E-state index is 0.000311. The monoisotopic (exact) mass is 564 g/mol.